The predicted molar refractivity (Wildman–Crippen MR) is 84.6 cm³/mol. The van der Waals surface area contributed by atoms with Crippen LogP contribution in [0.25, 0.3) is 0 Å². The Labute approximate surface area is 117 Å². The highest BCUT2D eigenvalue weighted by Crippen LogP contribution is 2.13. The lowest BCUT2D eigenvalue weighted by molar-refractivity contribution is 0.549. The molecule has 0 bridgehead atoms. The summed E-state index contributed by atoms with van der Waals surface area (Å²) in [7, 11) is 0. The van der Waals surface area contributed by atoms with Crippen LogP contribution in [0.5, 0.6) is 0 Å². The Morgan fingerprint density at radius 2 is 1.94 bits per heavy atom. The first-order valence-corrected chi connectivity index (χ1v) is 8.29. The van der Waals surface area contributed by atoms with E-state index < -0.39 is 0 Å². The van der Waals surface area contributed by atoms with Crippen LogP contribution in [0.2, 0.25) is 0 Å². The molecular formula is C16H27NS. The summed E-state index contributed by atoms with van der Waals surface area (Å²) in [4.78, 5) is 0. The zero-order valence-corrected chi connectivity index (χ0v) is 12.9. The maximum absolute atomic E-state index is 3.68. The van der Waals surface area contributed by atoms with E-state index in [1.807, 2.05) is 0 Å². The van der Waals surface area contributed by atoms with Gasteiger partial charge in [0.1, 0.15) is 0 Å². The Balaban J connectivity index is 2.51. The van der Waals surface area contributed by atoms with E-state index in [-0.39, 0.29) is 0 Å². The molecular weight excluding hydrogens is 238 g/mol. The van der Waals surface area contributed by atoms with Crippen molar-refractivity contribution in [3.63, 3.8) is 0 Å². The van der Waals surface area contributed by atoms with Crippen molar-refractivity contribution in [3.8, 4) is 0 Å². The Kier molecular flexibility index (Phi) is 8.19. The molecule has 0 saturated carbocycles. The first-order chi connectivity index (χ1) is 8.77. The molecule has 1 aromatic rings. The maximum Gasteiger partial charge on any atom is 0.0198 e. The Morgan fingerprint density at radius 1 is 1.17 bits per heavy atom. The molecule has 0 radical (unpaired) electrons. The average molecular weight is 265 g/mol. The molecule has 1 unspecified atom stereocenters. The third-order valence-electron chi connectivity index (χ3n) is 3.08. The van der Waals surface area contributed by atoms with Crippen LogP contribution >= 0.6 is 11.8 Å². The lowest BCUT2D eigenvalue weighted by atomic mass is 10.0. The van der Waals surface area contributed by atoms with Crippen LogP contribution in [0.3, 0.4) is 0 Å². The summed E-state index contributed by atoms with van der Waals surface area (Å²) in [6.45, 7) is 7.83. The number of hydrogen-bond donors (Lipinski definition) is 1. The Hall–Kier alpha value is -0.470. The van der Waals surface area contributed by atoms with Gasteiger partial charge in [-0.15, -0.1) is 0 Å². The van der Waals surface area contributed by atoms with Crippen molar-refractivity contribution >= 4 is 11.8 Å². The van der Waals surface area contributed by atoms with E-state index >= 15 is 0 Å². The summed E-state index contributed by atoms with van der Waals surface area (Å²) in [6.07, 6.45) is 3.64. The van der Waals surface area contributed by atoms with E-state index in [1.54, 1.807) is 0 Å². The van der Waals surface area contributed by atoms with Gasteiger partial charge in [0.2, 0.25) is 0 Å². The van der Waals surface area contributed by atoms with Crippen LogP contribution in [0.15, 0.2) is 24.3 Å². The second kappa shape index (κ2) is 9.46. The molecule has 18 heavy (non-hydrogen) atoms. The quantitative estimate of drug-likeness (QED) is 0.676. The molecule has 0 fully saturated rings. The maximum atomic E-state index is 3.68. The third-order valence-corrected chi connectivity index (χ3v) is 4.41. The molecule has 0 heterocycles. The molecule has 0 aliphatic carbocycles. The third kappa shape index (κ3) is 5.92. The molecule has 1 rings (SSSR count). The van der Waals surface area contributed by atoms with Crippen molar-refractivity contribution in [1.29, 1.82) is 0 Å². The summed E-state index contributed by atoms with van der Waals surface area (Å²) in [5.41, 5.74) is 2.91. The van der Waals surface area contributed by atoms with Gasteiger partial charge in [-0.25, -0.2) is 0 Å². The van der Waals surface area contributed by atoms with Crippen molar-refractivity contribution < 1.29 is 0 Å². The van der Waals surface area contributed by atoms with Gasteiger partial charge in [0, 0.05) is 11.8 Å². The highest BCUT2D eigenvalue weighted by atomic mass is 32.2. The Morgan fingerprint density at radius 3 is 2.61 bits per heavy atom. The molecule has 0 aliphatic rings. The van der Waals surface area contributed by atoms with Crippen LogP contribution in [-0.4, -0.2) is 24.1 Å². The fraction of sp³-hybridized carbons (Fsp3) is 0.625. The SMILES string of the molecule is CCCNC(CSCCC)Cc1ccccc1C. The van der Waals surface area contributed by atoms with Crippen molar-refractivity contribution in [1.82, 2.24) is 5.32 Å². The molecule has 1 nitrogen and oxygen atoms in total. The number of aryl methyl sites for hydroxylation is 1. The number of hydrogen-bond acceptors (Lipinski definition) is 2. The highest BCUT2D eigenvalue weighted by molar-refractivity contribution is 7.99. The van der Waals surface area contributed by atoms with Gasteiger partial charge in [0.05, 0.1) is 0 Å². The van der Waals surface area contributed by atoms with E-state index in [2.05, 4.69) is 62.1 Å². The lowest BCUT2D eigenvalue weighted by Crippen LogP contribution is -2.34. The summed E-state index contributed by atoms with van der Waals surface area (Å²) < 4.78 is 0. The largest absolute Gasteiger partial charge is 0.313 e. The number of benzene rings is 1. The van der Waals surface area contributed by atoms with Gasteiger partial charge in [-0.2, -0.15) is 11.8 Å². The lowest BCUT2D eigenvalue weighted by Gasteiger charge is -2.19. The minimum absolute atomic E-state index is 0.614. The van der Waals surface area contributed by atoms with E-state index in [4.69, 9.17) is 0 Å². The normalized spacial score (nSPS) is 12.6. The molecule has 0 saturated heterocycles. The van der Waals surface area contributed by atoms with E-state index in [1.165, 1.54) is 35.5 Å². The molecule has 1 atom stereocenters. The number of rotatable bonds is 9. The average Bonchev–Trinajstić information content (AvgIpc) is 2.38. The fourth-order valence-corrected chi connectivity index (χ4v) is 2.99. The standard InChI is InChI=1S/C16H27NS/c1-4-10-17-16(13-18-11-5-2)12-15-9-7-6-8-14(15)3/h6-9,16-17H,4-5,10-13H2,1-3H3. The van der Waals surface area contributed by atoms with Gasteiger partial charge in [0.15, 0.2) is 0 Å². The summed E-state index contributed by atoms with van der Waals surface area (Å²) in [6, 6.07) is 9.37. The van der Waals surface area contributed by atoms with Crippen LogP contribution in [0.4, 0.5) is 0 Å². The monoisotopic (exact) mass is 265 g/mol. The number of nitrogens with one attached hydrogen (secondary N) is 1. The van der Waals surface area contributed by atoms with E-state index in [9.17, 15) is 0 Å². The number of thioether (sulfide) groups is 1. The minimum Gasteiger partial charge on any atom is -0.313 e. The summed E-state index contributed by atoms with van der Waals surface area (Å²) in [5, 5.41) is 3.68. The van der Waals surface area contributed by atoms with Gasteiger partial charge >= 0.3 is 0 Å². The highest BCUT2D eigenvalue weighted by Gasteiger charge is 2.09. The smallest absolute Gasteiger partial charge is 0.0198 e. The molecule has 1 aromatic carbocycles. The van der Waals surface area contributed by atoms with E-state index in [0.717, 1.165) is 13.0 Å². The van der Waals surface area contributed by atoms with Crippen molar-refractivity contribution in [2.24, 2.45) is 0 Å². The van der Waals surface area contributed by atoms with Crippen LogP contribution < -0.4 is 5.32 Å². The first-order valence-electron chi connectivity index (χ1n) is 7.13. The fourth-order valence-electron chi connectivity index (χ4n) is 2.01. The second-order valence-electron chi connectivity index (χ2n) is 4.86. The molecule has 2 heteroatoms. The Bertz CT molecular complexity index is 325. The zero-order valence-electron chi connectivity index (χ0n) is 12.0. The molecule has 0 spiro atoms. The summed E-state index contributed by atoms with van der Waals surface area (Å²) >= 11 is 2.07. The molecule has 0 amide bonds. The van der Waals surface area contributed by atoms with E-state index in [0.29, 0.717) is 6.04 Å². The zero-order chi connectivity index (χ0) is 13.2. The van der Waals surface area contributed by atoms with Gasteiger partial charge < -0.3 is 5.32 Å². The minimum atomic E-state index is 0.614. The second-order valence-corrected chi connectivity index (χ2v) is 6.01. The van der Waals surface area contributed by atoms with Crippen LogP contribution in [-0.2, 0) is 6.42 Å². The van der Waals surface area contributed by atoms with Gasteiger partial charge in [-0.05, 0) is 49.6 Å². The molecule has 0 aromatic heterocycles. The van der Waals surface area contributed by atoms with Gasteiger partial charge in [0.25, 0.3) is 0 Å². The molecule has 0 aliphatic heterocycles. The molecule has 1 N–H and O–H groups in total. The van der Waals surface area contributed by atoms with Gasteiger partial charge in [-0.3, -0.25) is 0 Å². The van der Waals surface area contributed by atoms with Crippen molar-refractivity contribution in [2.45, 2.75) is 46.1 Å². The van der Waals surface area contributed by atoms with Gasteiger partial charge in [-0.1, -0.05) is 38.1 Å². The van der Waals surface area contributed by atoms with Crippen molar-refractivity contribution in [3.05, 3.63) is 35.4 Å². The van der Waals surface area contributed by atoms with Crippen LogP contribution in [0.1, 0.15) is 37.8 Å². The predicted octanol–water partition coefficient (Wildman–Crippen LogP) is 4.05. The summed E-state index contributed by atoms with van der Waals surface area (Å²) in [5.74, 6) is 2.50. The van der Waals surface area contributed by atoms with Crippen LogP contribution in [0, 0.1) is 6.92 Å². The first kappa shape index (κ1) is 15.6. The topological polar surface area (TPSA) is 12.0 Å². The van der Waals surface area contributed by atoms with Crippen molar-refractivity contribution in [2.75, 3.05) is 18.1 Å². The molecule has 102 valence electrons.